The van der Waals surface area contributed by atoms with Crippen molar-refractivity contribution in [1.82, 2.24) is 4.98 Å². The van der Waals surface area contributed by atoms with Crippen LogP contribution in [0.3, 0.4) is 0 Å². The molecule has 1 rings (SSSR count). The molecule has 0 radical (unpaired) electrons. The standard InChI is InChI=1S/C12H17N3O/c1-9(2)5-11(16)8-15-12-6-10(7-13)3-4-14-12/h3-4,6,9,11,16H,5,8H2,1-2H3,(H,14,15). The Balaban J connectivity index is 2.45. The van der Waals surface area contributed by atoms with E-state index >= 15 is 0 Å². The molecule has 1 unspecified atom stereocenters. The second-order valence-electron chi connectivity index (χ2n) is 4.21. The highest BCUT2D eigenvalue weighted by molar-refractivity contribution is 5.42. The molecule has 0 fully saturated rings. The number of anilines is 1. The van der Waals surface area contributed by atoms with Gasteiger partial charge in [0, 0.05) is 12.7 Å². The second kappa shape index (κ2) is 6.09. The SMILES string of the molecule is CC(C)CC(O)CNc1cc(C#N)ccn1. The summed E-state index contributed by atoms with van der Waals surface area (Å²) in [5, 5.41) is 21.4. The molecule has 4 heteroatoms. The first-order valence-electron chi connectivity index (χ1n) is 5.40. The molecule has 1 heterocycles. The van der Waals surface area contributed by atoms with Crippen molar-refractivity contribution in [2.75, 3.05) is 11.9 Å². The van der Waals surface area contributed by atoms with E-state index in [9.17, 15) is 5.11 Å². The maximum absolute atomic E-state index is 9.65. The van der Waals surface area contributed by atoms with Gasteiger partial charge in [-0.3, -0.25) is 0 Å². The summed E-state index contributed by atoms with van der Waals surface area (Å²) >= 11 is 0. The fraction of sp³-hybridized carbons (Fsp3) is 0.500. The van der Waals surface area contributed by atoms with Gasteiger partial charge in [0.1, 0.15) is 5.82 Å². The van der Waals surface area contributed by atoms with E-state index in [2.05, 4.69) is 24.1 Å². The van der Waals surface area contributed by atoms with Crippen molar-refractivity contribution in [3.63, 3.8) is 0 Å². The summed E-state index contributed by atoms with van der Waals surface area (Å²) in [4.78, 5) is 4.07. The van der Waals surface area contributed by atoms with Crippen LogP contribution in [-0.2, 0) is 0 Å². The lowest BCUT2D eigenvalue weighted by molar-refractivity contribution is 0.161. The number of nitrogens with zero attached hydrogens (tertiary/aromatic N) is 2. The van der Waals surface area contributed by atoms with E-state index in [4.69, 9.17) is 5.26 Å². The Morgan fingerprint density at radius 3 is 2.94 bits per heavy atom. The van der Waals surface area contributed by atoms with E-state index in [0.717, 1.165) is 6.42 Å². The molecule has 0 bridgehead atoms. The number of aliphatic hydroxyl groups is 1. The number of aliphatic hydroxyl groups excluding tert-OH is 1. The fourth-order valence-corrected chi connectivity index (χ4v) is 1.45. The Labute approximate surface area is 95.9 Å². The summed E-state index contributed by atoms with van der Waals surface area (Å²) in [5.74, 6) is 1.09. The second-order valence-corrected chi connectivity index (χ2v) is 4.21. The summed E-state index contributed by atoms with van der Waals surface area (Å²) in [7, 11) is 0. The molecule has 0 amide bonds. The lowest BCUT2D eigenvalue weighted by atomic mass is 10.1. The quantitative estimate of drug-likeness (QED) is 0.792. The maximum atomic E-state index is 9.65. The highest BCUT2D eigenvalue weighted by Crippen LogP contribution is 2.08. The Kier molecular flexibility index (Phi) is 4.74. The molecule has 0 aliphatic carbocycles. The predicted molar refractivity (Wildman–Crippen MR) is 62.9 cm³/mol. The minimum atomic E-state index is -0.382. The van der Waals surface area contributed by atoms with Crippen molar-refractivity contribution in [3.8, 4) is 6.07 Å². The zero-order chi connectivity index (χ0) is 12.0. The van der Waals surface area contributed by atoms with Crippen molar-refractivity contribution in [2.24, 2.45) is 5.92 Å². The molecule has 86 valence electrons. The molecule has 1 atom stereocenters. The molecule has 0 spiro atoms. The summed E-state index contributed by atoms with van der Waals surface area (Å²) < 4.78 is 0. The zero-order valence-electron chi connectivity index (χ0n) is 9.64. The molecular weight excluding hydrogens is 202 g/mol. The van der Waals surface area contributed by atoms with Gasteiger partial charge < -0.3 is 10.4 Å². The van der Waals surface area contributed by atoms with E-state index < -0.39 is 0 Å². The number of hydrogen-bond acceptors (Lipinski definition) is 4. The Hall–Kier alpha value is -1.60. The van der Waals surface area contributed by atoms with Gasteiger partial charge in [0.2, 0.25) is 0 Å². The van der Waals surface area contributed by atoms with Crippen LogP contribution in [-0.4, -0.2) is 22.7 Å². The summed E-state index contributed by atoms with van der Waals surface area (Å²) in [6.07, 6.45) is 1.95. The molecule has 0 saturated heterocycles. The zero-order valence-corrected chi connectivity index (χ0v) is 9.64. The molecule has 1 aromatic heterocycles. The van der Waals surface area contributed by atoms with Gasteiger partial charge in [-0.25, -0.2) is 4.98 Å². The van der Waals surface area contributed by atoms with Gasteiger partial charge in [-0.15, -0.1) is 0 Å². The number of pyridine rings is 1. The van der Waals surface area contributed by atoms with Crippen LogP contribution in [0.15, 0.2) is 18.3 Å². The third-order valence-corrected chi connectivity index (χ3v) is 2.15. The Morgan fingerprint density at radius 2 is 2.31 bits per heavy atom. The molecule has 0 saturated carbocycles. The van der Waals surface area contributed by atoms with Gasteiger partial charge in [0.05, 0.1) is 17.7 Å². The molecule has 0 aliphatic heterocycles. The van der Waals surface area contributed by atoms with Crippen LogP contribution >= 0.6 is 0 Å². The van der Waals surface area contributed by atoms with Gasteiger partial charge in [-0.1, -0.05) is 13.8 Å². The van der Waals surface area contributed by atoms with Crippen LogP contribution in [0.1, 0.15) is 25.8 Å². The van der Waals surface area contributed by atoms with Gasteiger partial charge in [0.15, 0.2) is 0 Å². The molecular formula is C12H17N3O. The topological polar surface area (TPSA) is 68.9 Å². The average molecular weight is 219 g/mol. The van der Waals surface area contributed by atoms with Crippen molar-refractivity contribution in [1.29, 1.82) is 5.26 Å². The van der Waals surface area contributed by atoms with Crippen molar-refractivity contribution < 1.29 is 5.11 Å². The van der Waals surface area contributed by atoms with E-state index in [1.807, 2.05) is 6.07 Å². The Morgan fingerprint density at radius 1 is 1.56 bits per heavy atom. The number of nitriles is 1. The van der Waals surface area contributed by atoms with E-state index in [1.54, 1.807) is 18.3 Å². The van der Waals surface area contributed by atoms with Crippen LogP contribution in [0, 0.1) is 17.2 Å². The fourth-order valence-electron chi connectivity index (χ4n) is 1.45. The smallest absolute Gasteiger partial charge is 0.127 e. The van der Waals surface area contributed by atoms with Crippen molar-refractivity contribution >= 4 is 5.82 Å². The lowest BCUT2D eigenvalue weighted by Crippen LogP contribution is -2.21. The summed E-state index contributed by atoms with van der Waals surface area (Å²) in [5.41, 5.74) is 0.566. The van der Waals surface area contributed by atoms with Crippen molar-refractivity contribution in [3.05, 3.63) is 23.9 Å². The number of rotatable bonds is 5. The first-order valence-corrected chi connectivity index (χ1v) is 5.40. The van der Waals surface area contributed by atoms with Crippen LogP contribution in [0.25, 0.3) is 0 Å². The van der Waals surface area contributed by atoms with Crippen LogP contribution in [0.2, 0.25) is 0 Å². The first kappa shape index (κ1) is 12.5. The third-order valence-electron chi connectivity index (χ3n) is 2.15. The number of aromatic nitrogens is 1. The van der Waals surface area contributed by atoms with Crippen LogP contribution in [0.4, 0.5) is 5.82 Å². The minimum absolute atomic E-state index is 0.382. The molecule has 1 aromatic rings. The lowest BCUT2D eigenvalue weighted by Gasteiger charge is -2.14. The number of nitrogens with one attached hydrogen (secondary N) is 1. The maximum Gasteiger partial charge on any atom is 0.127 e. The molecule has 4 nitrogen and oxygen atoms in total. The monoisotopic (exact) mass is 219 g/mol. The van der Waals surface area contributed by atoms with Gasteiger partial charge in [-0.05, 0) is 24.5 Å². The third kappa shape index (κ3) is 4.28. The highest BCUT2D eigenvalue weighted by atomic mass is 16.3. The largest absolute Gasteiger partial charge is 0.391 e. The highest BCUT2D eigenvalue weighted by Gasteiger charge is 2.06. The van der Waals surface area contributed by atoms with E-state index in [0.29, 0.717) is 23.8 Å². The first-order chi connectivity index (χ1) is 7.61. The minimum Gasteiger partial charge on any atom is -0.391 e. The summed E-state index contributed by atoms with van der Waals surface area (Å²) in [6.45, 7) is 4.59. The molecule has 16 heavy (non-hydrogen) atoms. The molecule has 0 aromatic carbocycles. The van der Waals surface area contributed by atoms with Crippen molar-refractivity contribution in [2.45, 2.75) is 26.4 Å². The normalized spacial score (nSPS) is 12.2. The van der Waals surface area contributed by atoms with Gasteiger partial charge >= 0.3 is 0 Å². The Bertz CT molecular complexity index is 371. The molecule has 2 N–H and O–H groups in total. The number of hydrogen-bond donors (Lipinski definition) is 2. The predicted octanol–water partition coefficient (Wildman–Crippen LogP) is 1.77. The van der Waals surface area contributed by atoms with E-state index in [-0.39, 0.29) is 6.10 Å². The van der Waals surface area contributed by atoms with E-state index in [1.165, 1.54) is 0 Å². The average Bonchev–Trinajstić information content (AvgIpc) is 2.26. The van der Waals surface area contributed by atoms with Crippen LogP contribution < -0.4 is 5.32 Å². The van der Waals surface area contributed by atoms with Gasteiger partial charge in [0.25, 0.3) is 0 Å². The summed E-state index contributed by atoms with van der Waals surface area (Å²) in [6, 6.07) is 5.36. The van der Waals surface area contributed by atoms with Crippen LogP contribution in [0.5, 0.6) is 0 Å². The molecule has 0 aliphatic rings. The van der Waals surface area contributed by atoms with Gasteiger partial charge in [-0.2, -0.15) is 5.26 Å².